The van der Waals surface area contributed by atoms with Crippen molar-refractivity contribution in [2.75, 3.05) is 0 Å². The highest BCUT2D eigenvalue weighted by Gasteiger charge is 2.09. The van der Waals surface area contributed by atoms with E-state index in [0.29, 0.717) is 6.42 Å². The third-order valence-electron chi connectivity index (χ3n) is 2.87. The van der Waals surface area contributed by atoms with Crippen molar-refractivity contribution in [3.8, 4) is 0 Å². The number of carbonyl (C=O) groups excluding carboxylic acids is 1. The van der Waals surface area contributed by atoms with Crippen molar-refractivity contribution >= 4 is 5.91 Å². The Morgan fingerprint density at radius 2 is 1.57 bits per heavy atom. The summed E-state index contributed by atoms with van der Waals surface area (Å²) in [6.07, 6.45) is 0.347. The van der Waals surface area contributed by atoms with E-state index in [4.69, 9.17) is 5.73 Å². The van der Waals surface area contributed by atoms with Gasteiger partial charge in [0.25, 0.3) is 0 Å². The molecule has 14 heavy (non-hydrogen) atoms. The van der Waals surface area contributed by atoms with E-state index >= 15 is 0 Å². The Balaban J connectivity index is 3.31. The summed E-state index contributed by atoms with van der Waals surface area (Å²) in [5, 5.41) is 0. The van der Waals surface area contributed by atoms with Crippen molar-refractivity contribution in [1.29, 1.82) is 0 Å². The van der Waals surface area contributed by atoms with E-state index < -0.39 is 0 Å². The van der Waals surface area contributed by atoms with E-state index in [2.05, 4.69) is 19.9 Å². The minimum atomic E-state index is -0.263. The summed E-state index contributed by atoms with van der Waals surface area (Å²) in [5.41, 5.74) is 11.1. The predicted molar refractivity (Wildman–Crippen MR) is 58.3 cm³/mol. The third-order valence-corrected chi connectivity index (χ3v) is 2.87. The van der Waals surface area contributed by atoms with Crippen molar-refractivity contribution in [3.63, 3.8) is 0 Å². The molecule has 0 radical (unpaired) electrons. The molecule has 0 saturated heterocycles. The van der Waals surface area contributed by atoms with Crippen molar-refractivity contribution in [3.05, 3.63) is 33.9 Å². The molecule has 1 aromatic rings. The minimum Gasteiger partial charge on any atom is -0.369 e. The van der Waals surface area contributed by atoms with Crippen LogP contribution in [0.1, 0.15) is 27.8 Å². The number of hydrogen-bond donors (Lipinski definition) is 1. The lowest BCUT2D eigenvalue weighted by Crippen LogP contribution is -2.16. The summed E-state index contributed by atoms with van der Waals surface area (Å²) in [6, 6.07) is 2.15. The first-order chi connectivity index (χ1) is 6.43. The molecular formula is C12H17NO. The molecule has 0 aromatic heterocycles. The highest BCUT2D eigenvalue weighted by Crippen LogP contribution is 2.21. The second kappa shape index (κ2) is 3.82. The molecule has 0 heterocycles. The summed E-state index contributed by atoms with van der Waals surface area (Å²) in [6.45, 7) is 8.21. The molecule has 0 aliphatic rings. The average Bonchev–Trinajstić information content (AvgIpc) is 2.09. The van der Waals surface area contributed by atoms with E-state index in [1.165, 1.54) is 22.3 Å². The predicted octanol–water partition coefficient (Wildman–Crippen LogP) is 1.95. The monoisotopic (exact) mass is 191 g/mol. The fourth-order valence-electron chi connectivity index (χ4n) is 1.74. The van der Waals surface area contributed by atoms with Crippen LogP contribution >= 0.6 is 0 Å². The van der Waals surface area contributed by atoms with Gasteiger partial charge in [0.2, 0.25) is 5.91 Å². The number of amides is 1. The van der Waals surface area contributed by atoms with Gasteiger partial charge in [0, 0.05) is 0 Å². The standard InChI is InChI=1S/C12H17NO/c1-7-5-8(2)10(4)11(9(7)3)6-12(13)14/h5H,6H2,1-4H3,(H2,13,14). The Morgan fingerprint density at radius 1 is 1.14 bits per heavy atom. The molecule has 1 aromatic carbocycles. The van der Waals surface area contributed by atoms with Crippen LogP contribution < -0.4 is 5.73 Å². The smallest absolute Gasteiger partial charge is 0.221 e. The maximum Gasteiger partial charge on any atom is 0.221 e. The summed E-state index contributed by atoms with van der Waals surface area (Å²) in [5.74, 6) is -0.263. The van der Waals surface area contributed by atoms with Gasteiger partial charge in [-0.3, -0.25) is 4.79 Å². The van der Waals surface area contributed by atoms with Gasteiger partial charge in [-0.25, -0.2) is 0 Å². The quantitative estimate of drug-likeness (QED) is 0.762. The Hall–Kier alpha value is -1.31. The summed E-state index contributed by atoms with van der Waals surface area (Å²) in [7, 11) is 0. The molecule has 0 atom stereocenters. The van der Waals surface area contributed by atoms with E-state index in [-0.39, 0.29) is 5.91 Å². The molecule has 0 spiro atoms. The summed E-state index contributed by atoms with van der Waals surface area (Å²) >= 11 is 0. The molecule has 2 nitrogen and oxygen atoms in total. The van der Waals surface area contributed by atoms with Crippen LogP contribution in [0.15, 0.2) is 6.07 Å². The topological polar surface area (TPSA) is 43.1 Å². The Labute approximate surface area is 85.1 Å². The lowest BCUT2D eigenvalue weighted by molar-refractivity contribution is -0.117. The maximum atomic E-state index is 10.9. The van der Waals surface area contributed by atoms with Crippen molar-refractivity contribution in [2.45, 2.75) is 34.1 Å². The Bertz CT molecular complexity index is 354. The summed E-state index contributed by atoms with van der Waals surface area (Å²) < 4.78 is 0. The average molecular weight is 191 g/mol. The fourth-order valence-corrected chi connectivity index (χ4v) is 1.74. The Kier molecular flexibility index (Phi) is 2.94. The maximum absolute atomic E-state index is 10.9. The van der Waals surface area contributed by atoms with Crippen LogP contribution in [0.3, 0.4) is 0 Å². The third kappa shape index (κ3) is 1.95. The zero-order valence-electron chi connectivity index (χ0n) is 9.27. The highest BCUT2D eigenvalue weighted by atomic mass is 16.1. The molecule has 0 bridgehead atoms. The normalized spacial score (nSPS) is 10.3. The molecule has 0 saturated carbocycles. The van der Waals surface area contributed by atoms with Gasteiger partial charge in [-0.05, 0) is 55.5 Å². The largest absolute Gasteiger partial charge is 0.369 e. The molecule has 1 amide bonds. The van der Waals surface area contributed by atoms with E-state index in [0.717, 1.165) is 5.56 Å². The Morgan fingerprint density at radius 3 is 1.93 bits per heavy atom. The van der Waals surface area contributed by atoms with Crippen LogP contribution in [0.5, 0.6) is 0 Å². The molecule has 0 aliphatic carbocycles. The minimum absolute atomic E-state index is 0.263. The molecule has 1 rings (SSSR count). The molecule has 0 aliphatic heterocycles. The molecular weight excluding hydrogens is 174 g/mol. The van der Waals surface area contributed by atoms with Gasteiger partial charge in [0.05, 0.1) is 6.42 Å². The van der Waals surface area contributed by atoms with Crippen LogP contribution in [0.4, 0.5) is 0 Å². The number of rotatable bonds is 2. The van der Waals surface area contributed by atoms with Gasteiger partial charge in [0.15, 0.2) is 0 Å². The first-order valence-corrected chi connectivity index (χ1v) is 4.78. The number of aryl methyl sites for hydroxylation is 2. The van der Waals surface area contributed by atoms with Gasteiger partial charge in [-0.1, -0.05) is 6.07 Å². The SMILES string of the molecule is Cc1cc(C)c(C)c(CC(N)=O)c1C. The number of benzene rings is 1. The molecule has 76 valence electrons. The van der Waals surface area contributed by atoms with Crippen LogP contribution in [-0.2, 0) is 11.2 Å². The van der Waals surface area contributed by atoms with Crippen molar-refractivity contribution in [1.82, 2.24) is 0 Å². The molecule has 2 N–H and O–H groups in total. The van der Waals surface area contributed by atoms with Gasteiger partial charge < -0.3 is 5.73 Å². The van der Waals surface area contributed by atoms with E-state index in [1.807, 2.05) is 13.8 Å². The number of primary amides is 1. The zero-order chi connectivity index (χ0) is 10.9. The van der Waals surface area contributed by atoms with Gasteiger partial charge in [-0.2, -0.15) is 0 Å². The van der Waals surface area contributed by atoms with Crippen LogP contribution in [0, 0.1) is 27.7 Å². The van der Waals surface area contributed by atoms with E-state index in [1.54, 1.807) is 0 Å². The first-order valence-electron chi connectivity index (χ1n) is 4.78. The zero-order valence-corrected chi connectivity index (χ0v) is 9.27. The van der Waals surface area contributed by atoms with Gasteiger partial charge >= 0.3 is 0 Å². The lowest BCUT2D eigenvalue weighted by Gasteiger charge is -2.13. The van der Waals surface area contributed by atoms with Crippen molar-refractivity contribution in [2.24, 2.45) is 5.73 Å². The molecule has 0 unspecified atom stereocenters. The second-order valence-electron chi connectivity index (χ2n) is 3.88. The summed E-state index contributed by atoms with van der Waals surface area (Å²) in [4.78, 5) is 10.9. The second-order valence-corrected chi connectivity index (χ2v) is 3.88. The van der Waals surface area contributed by atoms with Crippen LogP contribution in [0.2, 0.25) is 0 Å². The van der Waals surface area contributed by atoms with Gasteiger partial charge in [0.1, 0.15) is 0 Å². The van der Waals surface area contributed by atoms with Crippen LogP contribution in [0.25, 0.3) is 0 Å². The number of carbonyl (C=O) groups is 1. The van der Waals surface area contributed by atoms with Gasteiger partial charge in [-0.15, -0.1) is 0 Å². The van der Waals surface area contributed by atoms with Crippen molar-refractivity contribution < 1.29 is 4.79 Å². The number of nitrogens with two attached hydrogens (primary N) is 1. The lowest BCUT2D eigenvalue weighted by atomic mass is 9.92. The highest BCUT2D eigenvalue weighted by molar-refractivity contribution is 5.77. The fraction of sp³-hybridized carbons (Fsp3) is 0.417. The molecule has 0 fully saturated rings. The first kappa shape index (κ1) is 10.8. The number of hydrogen-bond acceptors (Lipinski definition) is 1. The van der Waals surface area contributed by atoms with E-state index in [9.17, 15) is 4.79 Å². The molecule has 2 heteroatoms. The van der Waals surface area contributed by atoms with Crippen LogP contribution in [-0.4, -0.2) is 5.91 Å².